The number of carbonyl (C=O) groups is 1. The monoisotopic (exact) mass is 154 g/mol. The third-order valence-corrected chi connectivity index (χ3v) is 1.06. The molecule has 0 bridgehead atoms. The second-order valence-electron chi connectivity index (χ2n) is 1.74. The summed E-state index contributed by atoms with van der Waals surface area (Å²) in [5.74, 6) is 0. The van der Waals surface area contributed by atoms with Crippen molar-refractivity contribution >= 4 is 6.09 Å². The summed E-state index contributed by atoms with van der Waals surface area (Å²) in [5, 5.41) is 3.48. The van der Waals surface area contributed by atoms with E-state index in [0.717, 1.165) is 0 Å². The van der Waals surface area contributed by atoms with Gasteiger partial charge in [0.25, 0.3) is 5.56 Å². The van der Waals surface area contributed by atoms with E-state index in [4.69, 9.17) is 0 Å². The van der Waals surface area contributed by atoms with Crippen LogP contribution < -0.4 is 5.56 Å². The zero-order valence-electron chi connectivity index (χ0n) is 5.85. The van der Waals surface area contributed by atoms with Crippen molar-refractivity contribution < 1.29 is 9.53 Å². The number of rotatable bonds is 0. The molecule has 58 valence electrons. The van der Waals surface area contributed by atoms with Crippen LogP contribution in [0.3, 0.4) is 0 Å². The van der Waals surface area contributed by atoms with E-state index in [1.165, 1.54) is 25.4 Å². The summed E-state index contributed by atoms with van der Waals surface area (Å²) >= 11 is 0. The first-order valence-electron chi connectivity index (χ1n) is 2.88. The molecule has 1 heterocycles. The normalized spacial score (nSPS) is 9.18. The highest BCUT2D eigenvalue weighted by molar-refractivity contribution is 5.68. The first-order chi connectivity index (χ1) is 5.25. The Morgan fingerprint density at radius 1 is 1.73 bits per heavy atom. The molecule has 1 aromatic heterocycles. The largest absolute Gasteiger partial charge is 0.451 e. The van der Waals surface area contributed by atoms with Crippen molar-refractivity contribution in [3.63, 3.8) is 0 Å². The van der Waals surface area contributed by atoms with Gasteiger partial charge in [0.1, 0.15) is 0 Å². The molecule has 5 heteroatoms. The smallest absolute Gasteiger partial charge is 0.437 e. The van der Waals surface area contributed by atoms with Crippen LogP contribution in [0.4, 0.5) is 4.79 Å². The van der Waals surface area contributed by atoms with Gasteiger partial charge in [0, 0.05) is 12.3 Å². The van der Waals surface area contributed by atoms with Crippen LogP contribution in [-0.2, 0) is 4.74 Å². The molecule has 0 fully saturated rings. The highest BCUT2D eigenvalue weighted by atomic mass is 16.5. The minimum Gasteiger partial charge on any atom is -0.451 e. The molecule has 5 nitrogen and oxygen atoms in total. The Bertz CT molecular complexity index is 318. The molecule has 0 aliphatic rings. The van der Waals surface area contributed by atoms with Gasteiger partial charge in [-0.3, -0.25) is 4.79 Å². The fourth-order valence-corrected chi connectivity index (χ4v) is 0.582. The zero-order chi connectivity index (χ0) is 8.27. The summed E-state index contributed by atoms with van der Waals surface area (Å²) in [7, 11) is 1.18. The number of ether oxygens (including phenoxy) is 1. The van der Waals surface area contributed by atoms with E-state index >= 15 is 0 Å². The molecule has 0 amide bonds. The summed E-state index contributed by atoms with van der Waals surface area (Å²) in [6.07, 6.45) is 0.550. The van der Waals surface area contributed by atoms with E-state index in [1.807, 2.05) is 0 Å². The molecule has 0 spiro atoms. The first kappa shape index (κ1) is 7.46. The Hall–Kier alpha value is -1.65. The Labute approximate surface area is 62.2 Å². The van der Waals surface area contributed by atoms with E-state index in [9.17, 15) is 9.59 Å². The van der Waals surface area contributed by atoms with Gasteiger partial charge >= 0.3 is 6.09 Å². The summed E-state index contributed by atoms with van der Waals surface area (Å²) in [6.45, 7) is 0. The highest BCUT2D eigenvalue weighted by Gasteiger charge is 2.04. The molecule has 0 aliphatic heterocycles. The average Bonchev–Trinajstić information content (AvgIpc) is 2.04. The van der Waals surface area contributed by atoms with Gasteiger partial charge < -0.3 is 4.74 Å². The maximum atomic E-state index is 10.8. The third kappa shape index (κ3) is 1.43. The minimum absolute atomic E-state index is 0.501. The quantitative estimate of drug-likeness (QED) is 0.521. The van der Waals surface area contributed by atoms with Crippen LogP contribution in [0, 0.1) is 0 Å². The number of hydrogen-bond donors (Lipinski definition) is 0. The Balaban J connectivity index is 3.14. The van der Waals surface area contributed by atoms with Crippen molar-refractivity contribution in [2.24, 2.45) is 0 Å². The molecule has 0 N–H and O–H groups in total. The van der Waals surface area contributed by atoms with E-state index in [-0.39, 0.29) is 0 Å². The van der Waals surface area contributed by atoms with Crippen LogP contribution in [0.2, 0.25) is 0 Å². The fraction of sp³-hybridized carbons (Fsp3) is 0.167. The van der Waals surface area contributed by atoms with Gasteiger partial charge in [-0.25, -0.2) is 4.79 Å². The van der Waals surface area contributed by atoms with Gasteiger partial charge in [0.15, 0.2) is 0 Å². The van der Waals surface area contributed by atoms with Gasteiger partial charge in [-0.1, -0.05) is 0 Å². The molecule has 0 aliphatic carbocycles. The number of nitrogens with zero attached hydrogens (tertiary/aromatic N) is 2. The number of carbonyl (C=O) groups excluding carboxylic acids is 1. The van der Waals surface area contributed by atoms with Crippen LogP contribution >= 0.6 is 0 Å². The van der Waals surface area contributed by atoms with Crippen molar-refractivity contribution in [2.75, 3.05) is 7.11 Å². The lowest BCUT2D eigenvalue weighted by Gasteiger charge is -1.97. The molecule has 0 atom stereocenters. The molecule has 1 rings (SSSR count). The maximum Gasteiger partial charge on any atom is 0.437 e. The van der Waals surface area contributed by atoms with Crippen LogP contribution in [0.15, 0.2) is 23.1 Å². The first-order valence-corrected chi connectivity index (χ1v) is 2.88. The molecule has 0 radical (unpaired) electrons. The van der Waals surface area contributed by atoms with Crippen molar-refractivity contribution in [1.82, 2.24) is 9.78 Å². The summed E-state index contributed by atoms with van der Waals surface area (Å²) in [6, 6.07) is 2.67. The number of methoxy groups -OCH3 is 1. The Kier molecular flexibility index (Phi) is 2.00. The fourth-order valence-electron chi connectivity index (χ4n) is 0.582. The molecule has 1 aromatic rings. The van der Waals surface area contributed by atoms with Crippen molar-refractivity contribution in [1.29, 1.82) is 0 Å². The molecule has 0 aromatic carbocycles. The van der Waals surface area contributed by atoms with Crippen molar-refractivity contribution in [3.05, 3.63) is 28.7 Å². The third-order valence-electron chi connectivity index (χ3n) is 1.06. The van der Waals surface area contributed by atoms with Gasteiger partial charge in [-0.2, -0.15) is 5.10 Å². The predicted molar refractivity (Wildman–Crippen MR) is 36.3 cm³/mol. The summed E-state index contributed by atoms with van der Waals surface area (Å²) < 4.78 is 4.92. The van der Waals surface area contributed by atoms with Gasteiger partial charge in [-0.05, 0) is 6.07 Å². The van der Waals surface area contributed by atoms with Crippen molar-refractivity contribution in [2.45, 2.75) is 0 Å². The summed E-state index contributed by atoms with van der Waals surface area (Å²) in [5.41, 5.74) is -0.501. The second kappa shape index (κ2) is 2.96. The van der Waals surface area contributed by atoms with Crippen LogP contribution in [-0.4, -0.2) is 23.0 Å². The lowest BCUT2D eigenvalue weighted by atomic mass is 10.6. The second-order valence-corrected chi connectivity index (χ2v) is 1.74. The van der Waals surface area contributed by atoms with Crippen LogP contribution in [0.5, 0.6) is 0 Å². The molecular formula is C6H6N2O3. The zero-order valence-corrected chi connectivity index (χ0v) is 5.85. The van der Waals surface area contributed by atoms with Gasteiger partial charge in [0.05, 0.1) is 7.11 Å². The van der Waals surface area contributed by atoms with Crippen LogP contribution in [0.25, 0.3) is 0 Å². The topological polar surface area (TPSA) is 61.2 Å². The van der Waals surface area contributed by atoms with E-state index in [2.05, 4.69) is 9.84 Å². The predicted octanol–water partition coefficient (Wildman–Crippen LogP) is -0.142. The highest BCUT2D eigenvalue weighted by Crippen LogP contribution is 1.78. The van der Waals surface area contributed by atoms with E-state index in [0.29, 0.717) is 4.68 Å². The van der Waals surface area contributed by atoms with Gasteiger partial charge in [0.2, 0.25) is 0 Å². The number of aromatic nitrogens is 2. The average molecular weight is 154 g/mol. The minimum atomic E-state index is -0.782. The Morgan fingerprint density at radius 3 is 3.00 bits per heavy atom. The Morgan fingerprint density at radius 2 is 2.45 bits per heavy atom. The van der Waals surface area contributed by atoms with Gasteiger partial charge in [-0.15, -0.1) is 4.68 Å². The number of hydrogen-bond acceptors (Lipinski definition) is 4. The van der Waals surface area contributed by atoms with E-state index in [1.54, 1.807) is 0 Å². The molecule has 0 saturated heterocycles. The molecule has 0 unspecified atom stereocenters. The van der Waals surface area contributed by atoms with Crippen molar-refractivity contribution in [3.8, 4) is 0 Å². The SMILES string of the molecule is COC(=O)n1ncccc1=O. The summed E-state index contributed by atoms with van der Waals surface area (Å²) in [4.78, 5) is 21.5. The molecule has 11 heavy (non-hydrogen) atoms. The molecular weight excluding hydrogens is 148 g/mol. The maximum absolute atomic E-state index is 10.8. The lowest BCUT2D eigenvalue weighted by Crippen LogP contribution is -2.28. The lowest BCUT2D eigenvalue weighted by molar-refractivity contribution is 0.167. The molecule has 0 saturated carbocycles. The van der Waals surface area contributed by atoms with E-state index < -0.39 is 11.7 Å². The van der Waals surface area contributed by atoms with Crippen LogP contribution in [0.1, 0.15) is 0 Å². The standard InChI is InChI=1S/C6H6N2O3/c1-11-6(10)8-5(9)3-2-4-7-8/h2-4H,1H3.